The molecule has 3 nitrogen and oxygen atoms in total. The zero-order valence-corrected chi connectivity index (χ0v) is 11.3. The fraction of sp³-hybridized carbons (Fsp3) is 0.500. The van der Waals surface area contributed by atoms with E-state index in [1.165, 1.54) is 12.1 Å². The molecule has 0 radical (unpaired) electrons. The molecule has 108 valence electrons. The Hall–Kier alpha value is -1.08. The normalized spacial score (nSPS) is 14.4. The van der Waals surface area contributed by atoms with Crippen LogP contribution in [0.2, 0.25) is 0 Å². The summed E-state index contributed by atoms with van der Waals surface area (Å²) in [6.45, 7) is 1.78. The first-order valence-corrected chi connectivity index (χ1v) is 7.58. The summed E-state index contributed by atoms with van der Waals surface area (Å²) in [6.07, 6.45) is -3.88. The Morgan fingerprint density at radius 3 is 2.16 bits per heavy atom. The van der Waals surface area contributed by atoms with E-state index in [2.05, 4.69) is 0 Å². The second kappa shape index (κ2) is 5.92. The van der Waals surface area contributed by atoms with Crippen LogP contribution >= 0.6 is 0 Å². The van der Waals surface area contributed by atoms with Crippen molar-refractivity contribution < 1.29 is 21.6 Å². The third-order valence-corrected chi connectivity index (χ3v) is 4.37. The van der Waals surface area contributed by atoms with Crippen LogP contribution in [-0.2, 0) is 21.8 Å². The van der Waals surface area contributed by atoms with Gasteiger partial charge in [-0.25, -0.2) is 8.42 Å². The number of benzene rings is 1. The molecule has 1 rings (SSSR count). The van der Waals surface area contributed by atoms with Gasteiger partial charge in [-0.1, -0.05) is 19.1 Å². The van der Waals surface area contributed by atoms with Gasteiger partial charge in [-0.15, -0.1) is 0 Å². The van der Waals surface area contributed by atoms with Crippen LogP contribution in [0, 0.1) is 0 Å². The first-order chi connectivity index (χ1) is 8.64. The average molecular weight is 295 g/mol. The van der Waals surface area contributed by atoms with Crippen molar-refractivity contribution in [3.8, 4) is 0 Å². The highest BCUT2D eigenvalue weighted by Gasteiger charge is 2.30. The van der Waals surface area contributed by atoms with Crippen LogP contribution in [-0.4, -0.2) is 20.2 Å². The second-order valence-electron chi connectivity index (χ2n) is 4.42. The van der Waals surface area contributed by atoms with Gasteiger partial charge in [-0.2, -0.15) is 13.2 Å². The lowest BCUT2D eigenvalue weighted by atomic mass is 10.1. The maximum absolute atomic E-state index is 12.3. The molecule has 0 amide bonds. The van der Waals surface area contributed by atoms with Crippen LogP contribution in [0.25, 0.3) is 0 Å². The molecule has 2 N–H and O–H groups in total. The first kappa shape index (κ1) is 16.0. The molecule has 0 saturated heterocycles. The monoisotopic (exact) mass is 295 g/mol. The topological polar surface area (TPSA) is 60.2 Å². The predicted molar refractivity (Wildman–Crippen MR) is 67.2 cm³/mol. The number of hydrogen-bond donors (Lipinski definition) is 1. The third-order valence-electron chi connectivity index (χ3n) is 2.66. The molecule has 1 aromatic carbocycles. The number of halogens is 3. The van der Waals surface area contributed by atoms with E-state index in [0.29, 0.717) is 12.0 Å². The van der Waals surface area contributed by atoms with Crippen molar-refractivity contribution >= 4 is 9.84 Å². The molecule has 1 unspecified atom stereocenters. The van der Waals surface area contributed by atoms with Crippen molar-refractivity contribution in [2.45, 2.75) is 31.3 Å². The van der Waals surface area contributed by atoms with E-state index >= 15 is 0 Å². The molecule has 0 aromatic heterocycles. The van der Waals surface area contributed by atoms with Gasteiger partial charge in [0.25, 0.3) is 0 Å². The molecule has 0 saturated carbocycles. The summed E-state index contributed by atoms with van der Waals surface area (Å²) in [5.74, 6) is -0.455. The van der Waals surface area contributed by atoms with Gasteiger partial charge in [0.1, 0.15) is 0 Å². The zero-order chi connectivity index (χ0) is 14.7. The average Bonchev–Trinajstić information content (AvgIpc) is 2.27. The van der Waals surface area contributed by atoms with E-state index in [0.717, 1.165) is 12.1 Å². The van der Waals surface area contributed by atoms with Crippen molar-refractivity contribution in [3.05, 3.63) is 35.4 Å². The Morgan fingerprint density at radius 1 is 1.21 bits per heavy atom. The summed E-state index contributed by atoms with van der Waals surface area (Å²) in [5, 5.41) is 0. The van der Waals surface area contributed by atoms with Gasteiger partial charge in [-0.05, 0) is 24.1 Å². The van der Waals surface area contributed by atoms with Gasteiger partial charge in [-0.3, -0.25) is 0 Å². The Bertz CT molecular complexity index is 509. The predicted octanol–water partition coefficient (Wildman–Crippen LogP) is 2.36. The highest BCUT2D eigenvalue weighted by atomic mass is 32.2. The van der Waals surface area contributed by atoms with E-state index in [4.69, 9.17) is 5.73 Å². The van der Waals surface area contributed by atoms with Crippen LogP contribution in [0.1, 0.15) is 24.5 Å². The van der Waals surface area contributed by atoms with E-state index < -0.39 is 27.6 Å². The van der Waals surface area contributed by atoms with Crippen LogP contribution in [0.4, 0.5) is 13.2 Å². The molecule has 0 aliphatic rings. The summed E-state index contributed by atoms with van der Waals surface area (Å²) in [7, 11) is -3.40. The third kappa shape index (κ3) is 5.20. The van der Waals surface area contributed by atoms with Crippen LogP contribution in [0.15, 0.2) is 24.3 Å². The minimum Gasteiger partial charge on any atom is -0.327 e. The summed E-state index contributed by atoms with van der Waals surface area (Å²) in [4.78, 5) is 0. The lowest BCUT2D eigenvalue weighted by molar-refractivity contribution is -0.137. The maximum atomic E-state index is 12.3. The first-order valence-electron chi connectivity index (χ1n) is 5.76. The summed E-state index contributed by atoms with van der Waals surface area (Å²) in [5.41, 5.74) is 5.10. The SMILES string of the molecule is CCC(N)CS(=O)(=O)Cc1ccc(C(F)(F)F)cc1. The largest absolute Gasteiger partial charge is 0.416 e. The van der Waals surface area contributed by atoms with Gasteiger partial charge in [0.2, 0.25) is 0 Å². The molecule has 0 aliphatic heterocycles. The maximum Gasteiger partial charge on any atom is 0.416 e. The number of rotatable bonds is 5. The molecule has 0 spiro atoms. The Balaban J connectivity index is 2.78. The van der Waals surface area contributed by atoms with Gasteiger partial charge in [0.15, 0.2) is 9.84 Å². The quantitative estimate of drug-likeness (QED) is 0.907. The molecular formula is C12H16F3NO2S. The van der Waals surface area contributed by atoms with E-state index in [1.807, 2.05) is 0 Å². The smallest absolute Gasteiger partial charge is 0.327 e. The van der Waals surface area contributed by atoms with Gasteiger partial charge in [0.05, 0.1) is 17.1 Å². The summed E-state index contributed by atoms with van der Waals surface area (Å²) < 4.78 is 60.5. The van der Waals surface area contributed by atoms with E-state index in [-0.39, 0.29) is 11.5 Å². The number of sulfone groups is 1. The fourth-order valence-corrected chi connectivity index (χ4v) is 3.25. The number of hydrogen-bond acceptors (Lipinski definition) is 3. The van der Waals surface area contributed by atoms with Gasteiger partial charge >= 0.3 is 6.18 Å². The fourth-order valence-electron chi connectivity index (χ4n) is 1.55. The van der Waals surface area contributed by atoms with Crippen molar-refractivity contribution in [1.82, 2.24) is 0 Å². The standard InChI is InChI=1S/C12H16F3NO2S/c1-2-11(16)8-19(17,18)7-9-3-5-10(6-4-9)12(13,14)15/h3-6,11H,2,7-8,16H2,1H3. The van der Waals surface area contributed by atoms with Crippen LogP contribution in [0.5, 0.6) is 0 Å². The van der Waals surface area contributed by atoms with Crippen LogP contribution < -0.4 is 5.73 Å². The lowest BCUT2D eigenvalue weighted by Gasteiger charge is -2.10. The van der Waals surface area contributed by atoms with E-state index in [1.54, 1.807) is 6.92 Å². The van der Waals surface area contributed by atoms with Gasteiger partial charge < -0.3 is 5.73 Å². The Morgan fingerprint density at radius 2 is 1.74 bits per heavy atom. The Kier molecular flexibility index (Phi) is 4.98. The van der Waals surface area contributed by atoms with Gasteiger partial charge in [0, 0.05) is 6.04 Å². The zero-order valence-electron chi connectivity index (χ0n) is 10.4. The number of nitrogens with two attached hydrogens (primary N) is 1. The van der Waals surface area contributed by atoms with Crippen molar-refractivity contribution in [2.75, 3.05) is 5.75 Å². The molecule has 1 aromatic rings. The minimum atomic E-state index is -4.41. The highest BCUT2D eigenvalue weighted by Crippen LogP contribution is 2.29. The summed E-state index contributed by atoms with van der Waals surface area (Å²) >= 11 is 0. The highest BCUT2D eigenvalue weighted by molar-refractivity contribution is 7.90. The molecule has 0 heterocycles. The molecule has 0 bridgehead atoms. The molecule has 7 heteroatoms. The molecule has 0 aliphatic carbocycles. The van der Waals surface area contributed by atoms with Crippen molar-refractivity contribution in [3.63, 3.8) is 0 Å². The summed E-state index contributed by atoms with van der Waals surface area (Å²) in [6, 6.07) is 3.67. The van der Waals surface area contributed by atoms with Crippen molar-refractivity contribution in [1.29, 1.82) is 0 Å². The second-order valence-corrected chi connectivity index (χ2v) is 6.53. The minimum absolute atomic E-state index is 0.162. The lowest BCUT2D eigenvalue weighted by Crippen LogP contribution is -2.29. The molecule has 1 atom stereocenters. The van der Waals surface area contributed by atoms with E-state index in [9.17, 15) is 21.6 Å². The Labute approximate surface area is 110 Å². The van der Waals surface area contributed by atoms with Crippen LogP contribution in [0.3, 0.4) is 0 Å². The molecular weight excluding hydrogens is 279 g/mol. The molecule has 0 fully saturated rings. The number of alkyl halides is 3. The molecule has 19 heavy (non-hydrogen) atoms. The van der Waals surface area contributed by atoms with Crippen molar-refractivity contribution in [2.24, 2.45) is 5.73 Å².